The van der Waals surface area contributed by atoms with Gasteiger partial charge in [-0.1, -0.05) is 0 Å². The van der Waals surface area contributed by atoms with Gasteiger partial charge in [0.2, 0.25) is 0 Å². The Bertz CT molecular complexity index is 182. The van der Waals surface area contributed by atoms with E-state index in [-0.39, 0.29) is 11.2 Å². The average Bonchev–Trinajstić information content (AvgIpc) is 2.12. The fourth-order valence-corrected chi connectivity index (χ4v) is 0.379. The summed E-state index contributed by atoms with van der Waals surface area (Å²) >= 11 is 0. The second-order valence-electron chi connectivity index (χ2n) is 1.26. The van der Waals surface area contributed by atoms with Crippen LogP contribution in [0.15, 0.2) is 12.3 Å². The van der Waals surface area contributed by atoms with Crippen LogP contribution >= 0.6 is 0 Å². The third kappa shape index (κ3) is 1.54. The fourth-order valence-electron chi connectivity index (χ4n) is 0.379. The summed E-state index contributed by atoms with van der Waals surface area (Å²) in [7, 11) is 0. The maximum absolute atomic E-state index is 9.98. The second kappa shape index (κ2) is 2.83. The number of carboxylic acid groups (broad SMARTS) is 1. The van der Waals surface area contributed by atoms with Crippen molar-refractivity contribution >= 4 is 5.97 Å². The van der Waals surface area contributed by atoms with Crippen molar-refractivity contribution in [3.05, 3.63) is 18.0 Å². The molecule has 9 heavy (non-hydrogen) atoms. The average molecular weight is 130 g/mol. The second-order valence-corrected chi connectivity index (χ2v) is 1.26. The van der Waals surface area contributed by atoms with Crippen molar-refractivity contribution in [2.24, 2.45) is 0 Å². The van der Waals surface area contributed by atoms with E-state index < -0.39 is 5.97 Å². The molecule has 0 saturated carbocycles. The molecule has 1 heterocycles. The third-order valence-corrected chi connectivity index (χ3v) is 0.720. The van der Waals surface area contributed by atoms with Gasteiger partial charge in [0.1, 0.15) is 0 Å². The van der Waals surface area contributed by atoms with Gasteiger partial charge in [-0.15, -0.1) is 0 Å². The van der Waals surface area contributed by atoms with Crippen molar-refractivity contribution in [2.45, 2.75) is 0 Å². The lowest BCUT2D eigenvalue weighted by Gasteiger charge is -1.77. The summed E-state index contributed by atoms with van der Waals surface area (Å²) in [6.07, 6.45) is 1.46. The summed E-state index contributed by atoms with van der Waals surface area (Å²) in [5.41, 5.74) is 0.0463. The lowest BCUT2D eigenvalue weighted by Crippen LogP contribution is -1.95. The summed E-state index contributed by atoms with van der Waals surface area (Å²) in [6.45, 7) is 0. The van der Waals surface area contributed by atoms with Gasteiger partial charge in [0.05, 0.1) is 0 Å². The molecule has 0 saturated heterocycles. The summed E-state index contributed by atoms with van der Waals surface area (Å²) in [6, 6.07) is 1.39. The highest BCUT2D eigenvalue weighted by molar-refractivity contribution is 5.84. The molecule has 1 aromatic heterocycles. The van der Waals surface area contributed by atoms with E-state index in [2.05, 4.69) is 10.2 Å². The molecule has 0 aromatic carbocycles. The van der Waals surface area contributed by atoms with Crippen molar-refractivity contribution < 1.29 is 15.4 Å². The Morgan fingerprint density at radius 2 is 2.44 bits per heavy atom. The first-order chi connectivity index (χ1) is 3.80. The molecule has 0 aliphatic carbocycles. The Hall–Kier alpha value is -1.36. The largest absolute Gasteiger partial charge is 0.476 e. The molecule has 5 nitrogen and oxygen atoms in total. The Kier molecular flexibility index (Phi) is 2.40. The number of rotatable bonds is 1. The van der Waals surface area contributed by atoms with E-state index in [9.17, 15) is 4.79 Å². The zero-order chi connectivity index (χ0) is 5.98. The van der Waals surface area contributed by atoms with Crippen LogP contribution in [0.3, 0.4) is 0 Å². The summed E-state index contributed by atoms with van der Waals surface area (Å²) in [5, 5.41) is 14.0. The normalized spacial score (nSPS) is 8.00. The Morgan fingerprint density at radius 1 is 1.78 bits per heavy atom. The maximum Gasteiger partial charge on any atom is 0.356 e. The lowest BCUT2D eigenvalue weighted by atomic mass is 10.5. The molecule has 0 bridgehead atoms. The van der Waals surface area contributed by atoms with E-state index in [0.717, 1.165) is 0 Å². The lowest BCUT2D eigenvalue weighted by molar-refractivity contribution is 0.0690. The van der Waals surface area contributed by atoms with Crippen molar-refractivity contribution in [3.8, 4) is 0 Å². The Morgan fingerprint density at radius 3 is 2.67 bits per heavy atom. The molecular weight excluding hydrogens is 124 g/mol. The Balaban J connectivity index is 0.000000640. The van der Waals surface area contributed by atoms with E-state index in [1.54, 1.807) is 0 Å². The predicted molar refractivity (Wildman–Crippen MR) is 29.2 cm³/mol. The van der Waals surface area contributed by atoms with Gasteiger partial charge < -0.3 is 10.6 Å². The summed E-state index contributed by atoms with van der Waals surface area (Å²) in [4.78, 5) is 9.98. The molecule has 0 atom stereocenters. The third-order valence-electron chi connectivity index (χ3n) is 0.720. The molecule has 0 aliphatic rings. The van der Waals surface area contributed by atoms with Gasteiger partial charge in [0.25, 0.3) is 0 Å². The van der Waals surface area contributed by atoms with E-state index in [1.165, 1.54) is 12.3 Å². The number of aromatic amines is 1. The molecular formula is C4H6N2O3. The van der Waals surface area contributed by atoms with Crippen LogP contribution in [-0.2, 0) is 0 Å². The van der Waals surface area contributed by atoms with Crippen molar-refractivity contribution in [3.63, 3.8) is 0 Å². The minimum atomic E-state index is -1.01. The van der Waals surface area contributed by atoms with Crippen LogP contribution in [0, 0.1) is 0 Å². The molecule has 1 rings (SSSR count). The van der Waals surface area contributed by atoms with E-state index in [1.807, 2.05) is 0 Å². The van der Waals surface area contributed by atoms with Crippen molar-refractivity contribution in [1.82, 2.24) is 10.2 Å². The number of hydrogen-bond donors (Lipinski definition) is 2. The summed E-state index contributed by atoms with van der Waals surface area (Å²) < 4.78 is 0. The van der Waals surface area contributed by atoms with Crippen LogP contribution in [0.5, 0.6) is 0 Å². The van der Waals surface area contributed by atoms with Gasteiger partial charge >= 0.3 is 5.97 Å². The number of hydrogen-bond acceptors (Lipinski definition) is 2. The van der Waals surface area contributed by atoms with E-state index >= 15 is 0 Å². The van der Waals surface area contributed by atoms with Crippen LogP contribution in [0.2, 0.25) is 0 Å². The number of nitrogens with zero attached hydrogens (tertiary/aromatic N) is 1. The number of nitrogens with one attached hydrogen (secondary N) is 1. The number of H-pyrrole nitrogens is 1. The smallest absolute Gasteiger partial charge is 0.356 e. The highest BCUT2D eigenvalue weighted by Gasteiger charge is 2.00. The van der Waals surface area contributed by atoms with Gasteiger partial charge in [-0.25, -0.2) is 4.79 Å². The molecule has 0 unspecified atom stereocenters. The molecule has 4 N–H and O–H groups in total. The topological polar surface area (TPSA) is 97.5 Å². The van der Waals surface area contributed by atoms with Gasteiger partial charge in [-0.3, -0.25) is 5.10 Å². The van der Waals surface area contributed by atoms with Gasteiger partial charge in [0, 0.05) is 6.20 Å². The minimum Gasteiger partial charge on any atom is -0.476 e. The van der Waals surface area contributed by atoms with Crippen LogP contribution in [-0.4, -0.2) is 26.7 Å². The van der Waals surface area contributed by atoms with Gasteiger partial charge in [0.15, 0.2) is 5.69 Å². The van der Waals surface area contributed by atoms with Crippen LogP contribution in [0.25, 0.3) is 0 Å². The van der Waals surface area contributed by atoms with Crippen LogP contribution in [0.4, 0.5) is 0 Å². The monoisotopic (exact) mass is 130 g/mol. The maximum atomic E-state index is 9.98. The van der Waals surface area contributed by atoms with E-state index in [4.69, 9.17) is 5.11 Å². The van der Waals surface area contributed by atoms with Crippen molar-refractivity contribution in [1.29, 1.82) is 0 Å². The quantitative estimate of drug-likeness (QED) is 0.525. The summed E-state index contributed by atoms with van der Waals surface area (Å²) in [5.74, 6) is -1.01. The molecule has 0 radical (unpaired) electrons. The zero-order valence-electron chi connectivity index (χ0n) is 4.46. The molecule has 1 aromatic rings. The predicted octanol–water partition coefficient (Wildman–Crippen LogP) is -0.717. The highest BCUT2D eigenvalue weighted by atomic mass is 16.4. The van der Waals surface area contributed by atoms with Gasteiger partial charge in [-0.2, -0.15) is 5.10 Å². The fraction of sp³-hybridized carbons (Fsp3) is 0. The number of aromatic nitrogens is 2. The first-order valence-electron chi connectivity index (χ1n) is 2.04. The molecule has 0 spiro atoms. The molecule has 0 aliphatic heterocycles. The molecule has 0 amide bonds. The first kappa shape index (κ1) is 7.64. The standard InChI is InChI=1S/C4H4N2O2.H2O/c7-4(8)3-1-2-5-6-3;/h1-2H,(H,5,6)(H,7,8);1H2. The van der Waals surface area contributed by atoms with Crippen LogP contribution < -0.4 is 0 Å². The first-order valence-corrected chi connectivity index (χ1v) is 2.04. The molecule has 0 fully saturated rings. The molecule has 50 valence electrons. The van der Waals surface area contributed by atoms with E-state index in [0.29, 0.717) is 0 Å². The van der Waals surface area contributed by atoms with Crippen molar-refractivity contribution in [2.75, 3.05) is 0 Å². The zero-order valence-corrected chi connectivity index (χ0v) is 4.46. The SMILES string of the molecule is O.O=C(O)c1cc[nH]n1. The highest BCUT2D eigenvalue weighted by Crippen LogP contribution is 1.87. The number of aromatic carboxylic acids is 1. The Labute approximate surface area is 50.6 Å². The number of carboxylic acids is 1. The van der Waals surface area contributed by atoms with Gasteiger partial charge in [-0.05, 0) is 6.07 Å². The molecule has 5 heteroatoms. The minimum absolute atomic E-state index is 0. The number of carbonyl (C=O) groups is 1. The van der Waals surface area contributed by atoms with Crippen LogP contribution in [0.1, 0.15) is 10.5 Å².